The number of hydrogen-bond donors (Lipinski definition) is 1. The number of carbonyl (C=O) groups is 2. The predicted molar refractivity (Wildman–Crippen MR) is 144 cm³/mol. The molecule has 1 fully saturated rings. The van der Waals surface area contributed by atoms with E-state index in [0.29, 0.717) is 26.1 Å². The third-order valence-corrected chi connectivity index (χ3v) is 7.26. The van der Waals surface area contributed by atoms with Crippen LogP contribution in [-0.4, -0.2) is 62.1 Å². The Labute approximate surface area is 222 Å². The standard InChI is InChI=1S/C29H34N6O3/c1-21-9-3-4-10-22(21)15-17-34(27(36)20-35-25-13-6-5-12-24(25)31-32-35)28(26-14-7-16-33(26)2)29(37)30-19-23-11-8-18-38-23/h3-7,9-10,12-14,16,23,28H,8,11,15,17-20H2,1-2H3,(H,30,37)/t23-,28+/m1/s1. The summed E-state index contributed by atoms with van der Waals surface area (Å²) in [6.07, 6.45) is 4.44. The van der Waals surface area contributed by atoms with Gasteiger partial charge in [0.1, 0.15) is 12.1 Å². The molecule has 38 heavy (non-hydrogen) atoms. The van der Waals surface area contributed by atoms with Crippen molar-refractivity contribution in [3.8, 4) is 0 Å². The van der Waals surface area contributed by atoms with Crippen LogP contribution in [0.4, 0.5) is 0 Å². The van der Waals surface area contributed by atoms with E-state index >= 15 is 0 Å². The number of amides is 2. The Bertz CT molecular complexity index is 1400. The van der Waals surface area contributed by atoms with E-state index in [1.165, 1.54) is 0 Å². The minimum Gasteiger partial charge on any atom is -0.376 e. The van der Waals surface area contributed by atoms with Crippen LogP contribution in [0.3, 0.4) is 0 Å². The van der Waals surface area contributed by atoms with Crippen LogP contribution < -0.4 is 5.32 Å². The van der Waals surface area contributed by atoms with Crippen LogP contribution in [-0.2, 0) is 34.3 Å². The van der Waals surface area contributed by atoms with Crippen LogP contribution in [0.15, 0.2) is 66.9 Å². The summed E-state index contributed by atoms with van der Waals surface area (Å²) in [5.41, 5.74) is 4.54. The maximum Gasteiger partial charge on any atom is 0.249 e. The van der Waals surface area contributed by atoms with Gasteiger partial charge in [-0.1, -0.05) is 41.6 Å². The summed E-state index contributed by atoms with van der Waals surface area (Å²) < 4.78 is 9.22. The molecule has 4 aromatic rings. The zero-order chi connectivity index (χ0) is 26.5. The van der Waals surface area contributed by atoms with E-state index < -0.39 is 6.04 Å². The van der Waals surface area contributed by atoms with Gasteiger partial charge in [0.25, 0.3) is 0 Å². The summed E-state index contributed by atoms with van der Waals surface area (Å²) in [6, 6.07) is 18.7. The quantitative estimate of drug-likeness (QED) is 0.351. The van der Waals surface area contributed by atoms with Gasteiger partial charge in [-0.3, -0.25) is 9.59 Å². The van der Waals surface area contributed by atoms with E-state index in [0.717, 1.165) is 40.7 Å². The van der Waals surface area contributed by atoms with Crippen molar-refractivity contribution >= 4 is 22.8 Å². The lowest BCUT2D eigenvalue weighted by Gasteiger charge is -2.32. The minimum atomic E-state index is -0.803. The molecular formula is C29H34N6O3. The zero-order valence-electron chi connectivity index (χ0n) is 21.9. The number of ether oxygens (including phenoxy) is 1. The zero-order valence-corrected chi connectivity index (χ0v) is 21.9. The number of hydrogen-bond acceptors (Lipinski definition) is 5. The van der Waals surface area contributed by atoms with Gasteiger partial charge in [-0.2, -0.15) is 0 Å². The Morgan fingerprint density at radius 1 is 1.13 bits per heavy atom. The molecule has 9 nitrogen and oxygen atoms in total. The second-order valence-electron chi connectivity index (χ2n) is 9.83. The molecule has 5 rings (SSSR count). The fourth-order valence-electron chi connectivity index (χ4n) is 5.09. The van der Waals surface area contributed by atoms with Crippen molar-refractivity contribution in [3.63, 3.8) is 0 Å². The normalized spacial score (nSPS) is 16.0. The average molecular weight is 515 g/mol. The Balaban J connectivity index is 1.46. The molecule has 1 aliphatic rings. The molecule has 0 spiro atoms. The third-order valence-electron chi connectivity index (χ3n) is 7.26. The van der Waals surface area contributed by atoms with Crippen LogP contribution in [0.5, 0.6) is 0 Å². The highest BCUT2D eigenvalue weighted by atomic mass is 16.5. The number of rotatable bonds is 10. The van der Waals surface area contributed by atoms with Gasteiger partial charge in [0.05, 0.1) is 11.6 Å². The van der Waals surface area contributed by atoms with Crippen molar-refractivity contribution in [2.24, 2.45) is 7.05 Å². The monoisotopic (exact) mass is 514 g/mol. The molecule has 1 N–H and O–H groups in total. The first kappa shape index (κ1) is 25.7. The number of fused-ring (bicyclic) bond motifs is 1. The minimum absolute atomic E-state index is 0.00523. The van der Waals surface area contributed by atoms with Gasteiger partial charge in [0, 0.05) is 38.6 Å². The summed E-state index contributed by atoms with van der Waals surface area (Å²) in [5.74, 6) is -0.420. The molecule has 1 aliphatic heterocycles. The first-order valence-corrected chi connectivity index (χ1v) is 13.1. The average Bonchev–Trinajstić information content (AvgIpc) is 3.68. The second-order valence-corrected chi connectivity index (χ2v) is 9.83. The molecule has 1 saturated heterocycles. The summed E-state index contributed by atoms with van der Waals surface area (Å²) in [6.45, 7) is 3.56. The van der Waals surface area contributed by atoms with Crippen LogP contribution in [0.1, 0.15) is 35.7 Å². The molecule has 198 valence electrons. The van der Waals surface area contributed by atoms with E-state index in [1.54, 1.807) is 9.58 Å². The van der Waals surface area contributed by atoms with E-state index in [2.05, 4.69) is 34.7 Å². The fraction of sp³-hybridized carbons (Fsp3) is 0.379. The van der Waals surface area contributed by atoms with E-state index in [-0.39, 0.29) is 24.5 Å². The molecule has 0 radical (unpaired) electrons. The largest absolute Gasteiger partial charge is 0.376 e. The van der Waals surface area contributed by atoms with Crippen LogP contribution in [0.25, 0.3) is 11.0 Å². The summed E-state index contributed by atoms with van der Waals surface area (Å²) in [5, 5.41) is 11.5. The fourth-order valence-corrected chi connectivity index (χ4v) is 5.09. The van der Waals surface area contributed by atoms with Crippen LogP contribution >= 0.6 is 0 Å². The van der Waals surface area contributed by atoms with Crippen molar-refractivity contribution < 1.29 is 14.3 Å². The molecule has 9 heteroatoms. The smallest absolute Gasteiger partial charge is 0.249 e. The molecule has 2 atom stereocenters. The second kappa shape index (κ2) is 11.6. The lowest BCUT2D eigenvalue weighted by molar-refractivity contribution is -0.141. The Hall–Kier alpha value is -3.98. The number of carbonyl (C=O) groups excluding carboxylic acids is 2. The van der Waals surface area contributed by atoms with E-state index in [1.807, 2.05) is 66.3 Å². The van der Waals surface area contributed by atoms with Crippen LogP contribution in [0.2, 0.25) is 0 Å². The van der Waals surface area contributed by atoms with E-state index in [4.69, 9.17) is 4.74 Å². The maximum absolute atomic E-state index is 14.0. The molecule has 2 amide bonds. The Morgan fingerprint density at radius 2 is 1.95 bits per heavy atom. The first-order valence-electron chi connectivity index (χ1n) is 13.1. The lowest BCUT2D eigenvalue weighted by Crippen LogP contribution is -2.47. The molecule has 0 saturated carbocycles. The first-order chi connectivity index (χ1) is 18.5. The number of nitrogens with one attached hydrogen (secondary N) is 1. The molecule has 3 heterocycles. The number of aromatic nitrogens is 4. The highest BCUT2D eigenvalue weighted by Crippen LogP contribution is 2.24. The summed E-state index contributed by atoms with van der Waals surface area (Å²) >= 11 is 0. The van der Waals surface area contributed by atoms with E-state index in [9.17, 15) is 9.59 Å². The SMILES string of the molecule is Cc1ccccc1CCN(C(=O)Cn1nnc2ccccc21)[C@H](C(=O)NC[C@H]1CCCO1)c1cccn1C. The van der Waals surface area contributed by atoms with Crippen molar-refractivity contribution in [2.75, 3.05) is 19.7 Å². The number of nitrogens with zero attached hydrogens (tertiary/aromatic N) is 5. The summed E-state index contributed by atoms with van der Waals surface area (Å²) in [7, 11) is 1.89. The Kier molecular flexibility index (Phi) is 7.83. The molecule has 2 aromatic heterocycles. The molecule has 0 aliphatic carbocycles. The predicted octanol–water partition coefficient (Wildman–Crippen LogP) is 3.19. The number of benzene rings is 2. The molecular weight excluding hydrogens is 480 g/mol. The highest BCUT2D eigenvalue weighted by molar-refractivity contribution is 5.89. The topological polar surface area (TPSA) is 94.3 Å². The van der Waals surface area contributed by atoms with Crippen LogP contribution in [0, 0.1) is 6.92 Å². The van der Waals surface area contributed by atoms with Gasteiger partial charge in [-0.05, 0) is 61.6 Å². The van der Waals surface area contributed by atoms with Gasteiger partial charge < -0.3 is 19.5 Å². The maximum atomic E-state index is 14.0. The number of para-hydroxylation sites is 1. The molecule has 2 aromatic carbocycles. The number of aryl methyl sites for hydroxylation is 2. The highest BCUT2D eigenvalue weighted by Gasteiger charge is 2.34. The van der Waals surface area contributed by atoms with Crippen molar-refractivity contribution in [1.29, 1.82) is 0 Å². The van der Waals surface area contributed by atoms with Gasteiger partial charge in [-0.25, -0.2) is 4.68 Å². The van der Waals surface area contributed by atoms with Crippen molar-refractivity contribution in [2.45, 2.75) is 44.9 Å². The third kappa shape index (κ3) is 5.62. The Morgan fingerprint density at radius 3 is 2.71 bits per heavy atom. The molecule has 0 unspecified atom stereocenters. The van der Waals surface area contributed by atoms with Gasteiger partial charge in [-0.15, -0.1) is 5.10 Å². The van der Waals surface area contributed by atoms with Gasteiger partial charge in [0.15, 0.2) is 6.04 Å². The molecule has 0 bridgehead atoms. The van der Waals surface area contributed by atoms with Gasteiger partial charge >= 0.3 is 0 Å². The summed E-state index contributed by atoms with van der Waals surface area (Å²) in [4.78, 5) is 29.5. The van der Waals surface area contributed by atoms with Crippen molar-refractivity contribution in [3.05, 3.63) is 83.7 Å². The lowest BCUT2D eigenvalue weighted by atomic mass is 10.0. The van der Waals surface area contributed by atoms with Gasteiger partial charge in [0.2, 0.25) is 11.8 Å². The van der Waals surface area contributed by atoms with Crippen molar-refractivity contribution in [1.82, 2.24) is 29.8 Å².